The number of carbonyl (C=O) groups excluding carboxylic acids is 4. The van der Waals surface area contributed by atoms with E-state index >= 15 is 0 Å². The Labute approximate surface area is 236 Å². The second-order valence-electron chi connectivity index (χ2n) is 12.0. The molecular formula is C31H32O6S2. The molecule has 2 aromatic rings. The number of esters is 2. The van der Waals surface area contributed by atoms with Crippen molar-refractivity contribution in [3.8, 4) is 0 Å². The molecule has 0 aliphatic heterocycles. The molecule has 0 aromatic carbocycles. The predicted molar refractivity (Wildman–Crippen MR) is 149 cm³/mol. The number of allylic oxidation sites excluding steroid dienone is 2. The first-order valence-corrected chi connectivity index (χ1v) is 15.3. The van der Waals surface area contributed by atoms with Crippen molar-refractivity contribution in [3.63, 3.8) is 0 Å². The standard InChI is InChI=1S/C31H32O6S2/c1-18-20-9-12-31(25(18)32)23(15-20)30(17-37-28(35)22-8-5-14-39-22)11-6-10-29(3,24(30)19(2)26(31)33)16-36-27(34)21-7-4-13-38-21/h4-5,7-8,13-14,20,23-24H,1-2,6,9-12,15-17H2,3H3/t20-,23?,24?,29-,30+,31?/m0/s1. The van der Waals surface area contributed by atoms with Crippen LogP contribution in [0.2, 0.25) is 0 Å². The molecule has 3 unspecified atom stereocenters. The summed E-state index contributed by atoms with van der Waals surface area (Å²) >= 11 is 2.64. The Morgan fingerprint density at radius 3 is 2.15 bits per heavy atom. The maximum Gasteiger partial charge on any atom is 0.348 e. The van der Waals surface area contributed by atoms with Crippen LogP contribution in [0.5, 0.6) is 0 Å². The summed E-state index contributed by atoms with van der Waals surface area (Å²) < 4.78 is 11.9. The Balaban J connectivity index is 1.41. The Morgan fingerprint density at radius 2 is 1.54 bits per heavy atom. The number of rotatable bonds is 6. The lowest BCUT2D eigenvalue weighted by molar-refractivity contribution is -0.187. The van der Waals surface area contributed by atoms with Gasteiger partial charge in [0.1, 0.15) is 9.75 Å². The average molecular weight is 565 g/mol. The van der Waals surface area contributed by atoms with E-state index < -0.39 is 28.1 Å². The van der Waals surface area contributed by atoms with Crippen molar-refractivity contribution < 1.29 is 28.7 Å². The number of carbonyl (C=O) groups is 4. The van der Waals surface area contributed by atoms with Gasteiger partial charge in [0.15, 0.2) is 11.6 Å². The molecule has 0 radical (unpaired) electrons. The van der Waals surface area contributed by atoms with Gasteiger partial charge in [0.05, 0.1) is 18.6 Å². The first-order valence-electron chi connectivity index (χ1n) is 13.5. The van der Waals surface area contributed by atoms with Crippen molar-refractivity contribution in [3.05, 3.63) is 69.1 Å². The maximum absolute atomic E-state index is 14.3. The molecule has 0 N–H and O–H groups in total. The third kappa shape index (κ3) is 3.78. The zero-order valence-electron chi connectivity index (χ0n) is 22.0. The number of ketones is 2. The van der Waals surface area contributed by atoms with E-state index in [2.05, 4.69) is 13.2 Å². The van der Waals surface area contributed by atoms with Gasteiger partial charge in [-0.1, -0.05) is 38.6 Å². The van der Waals surface area contributed by atoms with Gasteiger partial charge in [0.2, 0.25) is 0 Å². The van der Waals surface area contributed by atoms with Crippen LogP contribution in [0.4, 0.5) is 0 Å². The summed E-state index contributed by atoms with van der Waals surface area (Å²) in [5.74, 6) is -1.79. The number of hydrogen-bond acceptors (Lipinski definition) is 8. The summed E-state index contributed by atoms with van der Waals surface area (Å²) in [5, 5.41) is 3.66. The Bertz CT molecular complexity index is 1370. The smallest absolute Gasteiger partial charge is 0.348 e. The largest absolute Gasteiger partial charge is 0.461 e. The summed E-state index contributed by atoms with van der Waals surface area (Å²) in [6, 6.07) is 7.08. The number of hydrogen-bond donors (Lipinski definition) is 0. The van der Waals surface area contributed by atoms with E-state index in [0.717, 1.165) is 19.3 Å². The fourth-order valence-corrected chi connectivity index (χ4v) is 9.71. The lowest BCUT2D eigenvalue weighted by atomic mass is 9.35. The van der Waals surface area contributed by atoms with Gasteiger partial charge in [-0.05, 0) is 78.0 Å². The molecule has 0 saturated heterocycles. The molecule has 5 aliphatic rings. The highest BCUT2D eigenvalue weighted by atomic mass is 32.1. The molecule has 2 bridgehead atoms. The predicted octanol–water partition coefficient (Wildman–Crippen LogP) is 6.30. The van der Waals surface area contributed by atoms with Crippen molar-refractivity contribution >= 4 is 46.2 Å². The molecule has 7 rings (SSSR count). The van der Waals surface area contributed by atoms with Crippen LogP contribution < -0.4 is 0 Å². The van der Waals surface area contributed by atoms with Gasteiger partial charge in [0.25, 0.3) is 0 Å². The quantitative estimate of drug-likeness (QED) is 0.233. The molecule has 6 nitrogen and oxygen atoms in total. The Hall–Kier alpha value is -2.84. The van der Waals surface area contributed by atoms with Crippen LogP contribution in [0.15, 0.2) is 59.3 Å². The molecule has 8 heteroatoms. The lowest BCUT2D eigenvalue weighted by Gasteiger charge is -2.67. The zero-order valence-corrected chi connectivity index (χ0v) is 23.7. The van der Waals surface area contributed by atoms with Crippen molar-refractivity contribution in [1.82, 2.24) is 0 Å². The third-order valence-corrected chi connectivity index (χ3v) is 11.7. The normalized spacial score (nSPS) is 35.4. The van der Waals surface area contributed by atoms with Gasteiger partial charge in [0, 0.05) is 16.7 Å². The van der Waals surface area contributed by atoms with Crippen molar-refractivity contribution in [2.24, 2.45) is 34.0 Å². The highest BCUT2D eigenvalue weighted by Crippen LogP contribution is 2.71. The minimum Gasteiger partial charge on any atom is -0.461 e. The van der Waals surface area contributed by atoms with Gasteiger partial charge in [-0.2, -0.15) is 0 Å². The molecular weight excluding hydrogens is 532 g/mol. The van der Waals surface area contributed by atoms with E-state index in [9.17, 15) is 19.2 Å². The minimum absolute atomic E-state index is 0.0268. The van der Waals surface area contributed by atoms with E-state index in [-0.39, 0.29) is 42.6 Å². The van der Waals surface area contributed by atoms with Gasteiger partial charge < -0.3 is 9.47 Å². The van der Waals surface area contributed by atoms with E-state index in [4.69, 9.17) is 9.47 Å². The van der Waals surface area contributed by atoms with Crippen LogP contribution in [0.25, 0.3) is 0 Å². The van der Waals surface area contributed by atoms with E-state index in [1.54, 1.807) is 18.2 Å². The van der Waals surface area contributed by atoms with Crippen LogP contribution in [0.3, 0.4) is 0 Å². The van der Waals surface area contributed by atoms with E-state index in [1.165, 1.54) is 22.7 Å². The minimum atomic E-state index is -1.19. The lowest BCUT2D eigenvalue weighted by Crippen LogP contribution is -2.69. The molecule has 1 spiro atoms. The van der Waals surface area contributed by atoms with Crippen LogP contribution in [-0.2, 0) is 19.1 Å². The molecule has 204 valence electrons. The molecule has 5 aliphatic carbocycles. The highest BCUT2D eigenvalue weighted by Gasteiger charge is 2.73. The van der Waals surface area contributed by atoms with Gasteiger partial charge in [-0.3, -0.25) is 9.59 Å². The number of fused-ring (bicyclic) bond motifs is 3. The second kappa shape index (κ2) is 9.37. The average Bonchev–Trinajstić information content (AvgIpc) is 3.67. The van der Waals surface area contributed by atoms with Crippen LogP contribution in [-0.4, -0.2) is 36.7 Å². The molecule has 5 fully saturated rings. The monoisotopic (exact) mass is 564 g/mol. The SMILES string of the molecule is C=C1C(=O)C23CC[C@@H](CC2[C@]2(COC(=O)c4cccs4)CCC[C@@](C)(COC(=O)c4cccs4)C12)C(=C)C3=O. The van der Waals surface area contributed by atoms with Crippen LogP contribution in [0, 0.1) is 34.0 Å². The first-order chi connectivity index (χ1) is 18.6. The summed E-state index contributed by atoms with van der Waals surface area (Å²) in [5.41, 5.74) is -1.53. The Morgan fingerprint density at radius 1 is 0.923 bits per heavy atom. The summed E-state index contributed by atoms with van der Waals surface area (Å²) in [4.78, 5) is 55.0. The first kappa shape index (κ1) is 26.4. The second-order valence-corrected chi connectivity index (χ2v) is 13.9. The van der Waals surface area contributed by atoms with Crippen molar-refractivity contribution in [2.45, 2.75) is 45.4 Å². The Kier molecular flexibility index (Phi) is 6.34. The van der Waals surface area contributed by atoms with E-state index in [1.807, 2.05) is 23.8 Å². The van der Waals surface area contributed by atoms with E-state index in [0.29, 0.717) is 40.2 Å². The molecule has 5 saturated carbocycles. The van der Waals surface area contributed by atoms with Crippen molar-refractivity contribution in [1.29, 1.82) is 0 Å². The summed E-state index contributed by atoms with van der Waals surface area (Å²) in [7, 11) is 0. The number of thiophene rings is 2. The highest BCUT2D eigenvalue weighted by molar-refractivity contribution is 7.12. The van der Waals surface area contributed by atoms with Crippen LogP contribution in [0.1, 0.15) is 64.8 Å². The number of Topliss-reactive ketones (excluding diaryl/α,β-unsaturated/α-hetero) is 2. The number of ether oxygens (including phenoxy) is 2. The fourth-order valence-electron chi connectivity index (χ4n) is 8.48. The molecule has 2 aromatic heterocycles. The third-order valence-electron chi connectivity index (χ3n) is 10.0. The van der Waals surface area contributed by atoms with Crippen molar-refractivity contribution in [2.75, 3.05) is 13.2 Å². The fraction of sp³-hybridized carbons (Fsp3) is 0.484. The van der Waals surface area contributed by atoms with Gasteiger partial charge in [-0.15, -0.1) is 22.7 Å². The summed E-state index contributed by atoms with van der Waals surface area (Å²) in [6.45, 7) is 10.7. The molecule has 6 atom stereocenters. The van der Waals surface area contributed by atoms with Gasteiger partial charge >= 0.3 is 11.9 Å². The maximum atomic E-state index is 14.3. The zero-order chi connectivity index (χ0) is 27.6. The topological polar surface area (TPSA) is 86.7 Å². The molecule has 2 heterocycles. The van der Waals surface area contributed by atoms with Crippen LogP contribution >= 0.6 is 22.7 Å². The van der Waals surface area contributed by atoms with Gasteiger partial charge in [-0.25, -0.2) is 9.59 Å². The molecule has 39 heavy (non-hydrogen) atoms. The molecule has 0 amide bonds. The summed E-state index contributed by atoms with van der Waals surface area (Å²) in [6.07, 6.45) is 4.14.